The van der Waals surface area contributed by atoms with Crippen LogP contribution < -0.4 is 16.0 Å². The SMILES string of the molecule is CN(C)C(=O)Cn1ncc(OCCCN)cc1=O. The zero-order valence-electron chi connectivity index (χ0n) is 10.6. The topological polar surface area (TPSA) is 90.4 Å². The second-order valence-corrected chi connectivity index (χ2v) is 3.97. The number of hydrogen-bond acceptors (Lipinski definition) is 5. The van der Waals surface area contributed by atoms with Crippen LogP contribution in [0, 0.1) is 0 Å². The molecular formula is C11H18N4O3. The molecule has 0 bridgehead atoms. The Balaban J connectivity index is 2.68. The van der Waals surface area contributed by atoms with E-state index in [9.17, 15) is 9.59 Å². The Bertz CT molecular complexity index is 456. The number of likely N-dealkylation sites (N-methyl/N-ethyl adjacent to an activating group) is 1. The molecule has 0 saturated heterocycles. The minimum atomic E-state index is -0.365. The molecule has 7 nitrogen and oxygen atoms in total. The van der Waals surface area contributed by atoms with Crippen molar-refractivity contribution in [3.63, 3.8) is 0 Å². The summed E-state index contributed by atoms with van der Waals surface area (Å²) in [7, 11) is 3.25. The van der Waals surface area contributed by atoms with Gasteiger partial charge in [0.15, 0.2) is 0 Å². The zero-order valence-corrected chi connectivity index (χ0v) is 10.6. The molecule has 0 fully saturated rings. The average Bonchev–Trinajstić information content (AvgIpc) is 2.32. The molecule has 0 saturated carbocycles. The van der Waals surface area contributed by atoms with Crippen molar-refractivity contribution in [2.45, 2.75) is 13.0 Å². The van der Waals surface area contributed by atoms with Crippen LogP contribution >= 0.6 is 0 Å². The van der Waals surface area contributed by atoms with Gasteiger partial charge in [0, 0.05) is 20.2 Å². The summed E-state index contributed by atoms with van der Waals surface area (Å²) >= 11 is 0. The lowest BCUT2D eigenvalue weighted by molar-refractivity contribution is -0.129. The molecule has 1 aromatic heterocycles. The summed E-state index contributed by atoms with van der Waals surface area (Å²) in [5.41, 5.74) is 4.96. The van der Waals surface area contributed by atoms with Gasteiger partial charge in [-0.15, -0.1) is 0 Å². The lowest BCUT2D eigenvalue weighted by atomic mass is 10.4. The molecule has 1 heterocycles. The van der Waals surface area contributed by atoms with Gasteiger partial charge in [-0.3, -0.25) is 9.59 Å². The molecule has 0 aliphatic heterocycles. The summed E-state index contributed by atoms with van der Waals surface area (Å²) in [4.78, 5) is 24.5. The maximum Gasteiger partial charge on any atom is 0.270 e. The number of aromatic nitrogens is 2. The van der Waals surface area contributed by atoms with Gasteiger partial charge in [0.1, 0.15) is 12.3 Å². The zero-order chi connectivity index (χ0) is 13.5. The highest BCUT2D eigenvalue weighted by Crippen LogP contribution is 2.03. The maximum absolute atomic E-state index is 11.7. The molecule has 1 aromatic rings. The molecule has 0 aromatic carbocycles. The second kappa shape index (κ2) is 6.75. The van der Waals surface area contributed by atoms with Crippen LogP contribution in [0.25, 0.3) is 0 Å². The monoisotopic (exact) mass is 254 g/mol. The fourth-order valence-corrected chi connectivity index (χ4v) is 1.16. The van der Waals surface area contributed by atoms with Gasteiger partial charge in [0.05, 0.1) is 12.8 Å². The smallest absolute Gasteiger partial charge is 0.270 e. The van der Waals surface area contributed by atoms with Gasteiger partial charge in [-0.1, -0.05) is 0 Å². The normalized spacial score (nSPS) is 10.2. The number of hydrogen-bond donors (Lipinski definition) is 1. The molecule has 1 rings (SSSR count). The van der Waals surface area contributed by atoms with Crippen LogP contribution in [0.2, 0.25) is 0 Å². The van der Waals surface area contributed by atoms with Crippen molar-refractivity contribution in [2.24, 2.45) is 5.73 Å². The average molecular weight is 254 g/mol. The van der Waals surface area contributed by atoms with Crippen molar-refractivity contribution in [3.8, 4) is 5.75 Å². The van der Waals surface area contributed by atoms with Crippen molar-refractivity contribution in [1.29, 1.82) is 0 Å². The van der Waals surface area contributed by atoms with Gasteiger partial charge in [-0.2, -0.15) is 5.10 Å². The van der Waals surface area contributed by atoms with Gasteiger partial charge in [0.2, 0.25) is 5.91 Å². The number of ether oxygens (including phenoxy) is 1. The number of rotatable bonds is 6. The first kappa shape index (κ1) is 14.2. The predicted molar refractivity (Wildman–Crippen MR) is 66.4 cm³/mol. The molecule has 2 N–H and O–H groups in total. The van der Waals surface area contributed by atoms with Crippen LogP contribution in [-0.2, 0) is 11.3 Å². The van der Waals surface area contributed by atoms with E-state index in [1.807, 2.05) is 0 Å². The van der Waals surface area contributed by atoms with Gasteiger partial charge in [0.25, 0.3) is 5.56 Å². The molecule has 7 heteroatoms. The molecule has 18 heavy (non-hydrogen) atoms. The molecule has 0 atom stereocenters. The molecule has 0 aliphatic rings. The van der Waals surface area contributed by atoms with Gasteiger partial charge in [-0.25, -0.2) is 4.68 Å². The van der Waals surface area contributed by atoms with Crippen molar-refractivity contribution in [2.75, 3.05) is 27.2 Å². The predicted octanol–water partition coefficient (Wildman–Crippen LogP) is -0.941. The fourth-order valence-electron chi connectivity index (χ4n) is 1.16. The van der Waals surface area contributed by atoms with Crippen LogP contribution in [0.5, 0.6) is 5.75 Å². The summed E-state index contributed by atoms with van der Waals surface area (Å²) < 4.78 is 6.38. The van der Waals surface area contributed by atoms with Crippen molar-refractivity contribution < 1.29 is 9.53 Å². The second-order valence-electron chi connectivity index (χ2n) is 3.97. The lowest BCUT2D eigenvalue weighted by Gasteiger charge is -2.11. The van der Waals surface area contributed by atoms with E-state index in [1.165, 1.54) is 17.2 Å². The maximum atomic E-state index is 11.7. The molecular weight excluding hydrogens is 236 g/mol. The number of nitrogens with zero attached hydrogens (tertiary/aromatic N) is 3. The third-order valence-electron chi connectivity index (χ3n) is 2.25. The van der Waals surface area contributed by atoms with Crippen LogP contribution in [0.1, 0.15) is 6.42 Å². The third-order valence-corrected chi connectivity index (χ3v) is 2.25. The number of carbonyl (C=O) groups excluding carboxylic acids is 1. The first-order valence-electron chi connectivity index (χ1n) is 5.64. The minimum absolute atomic E-state index is 0.0745. The van der Waals surface area contributed by atoms with Crippen LogP contribution in [0.3, 0.4) is 0 Å². The Labute approximate surface area is 105 Å². The van der Waals surface area contributed by atoms with Crippen LogP contribution in [-0.4, -0.2) is 47.8 Å². The van der Waals surface area contributed by atoms with E-state index in [4.69, 9.17) is 10.5 Å². The highest BCUT2D eigenvalue weighted by atomic mass is 16.5. The summed E-state index contributed by atoms with van der Waals surface area (Å²) in [6.45, 7) is 0.898. The van der Waals surface area contributed by atoms with E-state index in [0.29, 0.717) is 25.3 Å². The standard InChI is InChI=1S/C11H18N4O3/c1-14(2)11(17)8-15-10(16)6-9(7-13-15)18-5-3-4-12/h6-7H,3-5,8,12H2,1-2H3. The first-order valence-corrected chi connectivity index (χ1v) is 5.64. The Kier molecular flexibility index (Phi) is 5.31. The number of amides is 1. The lowest BCUT2D eigenvalue weighted by Crippen LogP contribution is -2.32. The van der Waals surface area contributed by atoms with Gasteiger partial charge < -0.3 is 15.4 Å². The Morgan fingerprint density at radius 3 is 2.83 bits per heavy atom. The Morgan fingerprint density at radius 1 is 1.56 bits per heavy atom. The highest BCUT2D eigenvalue weighted by Gasteiger charge is 2.08. The number of carbonyl (C=O) groups is 1. The largest absolute Gasteiger partial charge is 0.492 e. The van der Waals surface area contributed by atoms with E-state index in [-0.39, 0.29) is 18.0 Å². The molecule has 0 unspecified atom stereocenters. The Hall–Kier alpha value is -1.89. The minimum Gasteiger partial charge on any atom is -0.492 e. The van der Waals surface area contributed by atoms with Crippen LogP contribution in [0.15, 0.2) is 17.1 Å². The third kappa shape index (κ3) is 4.17. The summed E-state index contributed by atoms with van der Waals surface area (Å²) in [6.07, 6.45) is 2.13. The van der Waals surface area contributed by atoms with Crippen molar-refractivity contribution in [1.82, 2.24) is 14.7 Å². The number of nitrogens with two attached hydrogens (primary N) is 1. The quantitative estimate of drug-likeness (QED) is 0.662. The molecule has 0 radical (unpaired) electrons. The summed E-state index contributed by atoms with van der Waals surface area (Å²) in [5, 5.41) is 3.88. The molecule has 100 valence electrons. The van der Waals surface area contributed by atoms with Crippen molar-refractivity contribution >= 4 is 5.91 Å². The summed E-state index contributed by atoms with van der Waals surface area (Å²) in [6, 6.07) is 1.31. The van der Waals surface area contributed by atoms with E-state index in [1.54, 1.807) is 14.1 Å². The van der Waals surface area contributed by atoms with Gasteiger partial charge >= 0.3 is 0 Å². The van der Waals surface area contributed by atoms with E-state index in [2.05, 4.69) is 5.10 Å². The summed E-state index contributed by atoms with van der Waals surface area (Å²) in [5.74, 6) is 0.198. The first-order chi connectivity index (χ1) is 8.54. The molecule has 0 aliphatic carbocycles. The molecule has 1 amide bonds. The molecule has 0 spiro atoms. The van der Waals surface area contributed by atoms with Gasteiger partial charge in [-0.05, 0) is 13.0 Å². The van der Waals surface area contributed by atoms with E-state index in [0.717, 1.165) is 4.68 Å². The van der Waals surface area contributed by atoms with Crippen molar-refractivity contribution in [3.05, 3.63) is 22.6 Å². The van der Waals surface area contributed by atoms with Crippen LogP contribution in [0.4, 0.5) is 0 Å². The van der Waals surface area contributed by atoms with E-state index < -0.39 is 0 Å². The van der Waals surface area contributed by atoms with E-state index >= 15 is 0 Å². The highest BCUT2D eigenvalue weighted by molar-refractivity contribution is 5.75. The fraction of sp³-hybridized carbons (Fsp3) is 0.545. The Morgan fingerprint density at radius 2 is 2.28 bits per heavy atom.